The summed E-state index contributed by atoms with van der Waals surface area (Å²) in [4.78, 5) is 4.16. The maximum absolute atomic E-state index is 9.67. The second-order valence-corrected chi connectivity index (χ2v) is 4.57. The van der Waals surface area contributed by atoms with Crippen molar-refractivity contribution < 1.29 is 9.84 Å². The zero-order valence-corrected chi connectivity index (χ0v) is 11.1. The minimum Gasteiger partial charge on any atom is -0.475 e. The van der Waals surface area contributed by atoms with E-state index in [2.05, 4.69) is 10.3 Å². The Morgan fingerprint density at radius 3 is 2.78 bits per heavy atom. The Balaban J connectivity index is 2.29. The van der Waals surface area contributed by atoms with Crippen LogP contribution in [0.4, 0.5) is 0 Å². The van der Waals surface area contributed by atoms with Crippen LogP contribution in [0, 0.1) is 0 Å². The molecule has 0 saturated carbocycles. The van der Waals surface area contributed by atoms with Gasteiger partial charge in [-0.15, -0.1) is 0 Å². The summed E-state index contributed by atoms with van der Waals surface area (Å²) < 4.78 is 5.40. The SMILES string of the molecule is CC(C)NCC(O)COc1ccc(CCN)cn1. The summed E-state index contributed by atoms with van der Waals surface area (Å²) in [6.07, 6.45) is 2.03. The lowest BCUT2D eigenvalue weighted by Crippen LogP contribution is -2.35. The largest absolute Gasteiger partial charge is 0.475 e. The summed E-state index contributed by atoms with van der Waals surface area (Å²) >= 11 is 0. The molecular formula is C13H23N3O2. The van der Waals surface area contributed by atoms with Crippen LogP contribution in [0.3, 0.4) is 0 Å². The molecule has 1 rings (SSSR count). The highest BCUT2D eigenvalue weighted by Crippen LogP contribution is 2.08. The van der Waals surface area contributed by atoms with E-state index in [1.807, 2.05) is 19.9 Å². The van der Waals surface area contributed by atoms with Crippen LogP contribution in [0.2, 0.25) is 0 Å². The van der Waals surface area contributed by atoms with E-state index < -0.39 is 6.10 Å². The van der Waals surface area contributed by atoms with Crippen molar-refractivity contribution in [2.45, 2.75) is 32.4 Å². The van der Waals surface area contributed by atoms with Crippen LogP contribution in [0.1, 0.15) is 19.4 Å². The van der Waals surface area contributed by atoms with Crippen molar-refractivity contribution in [3.63, 3.8) is 0 Å². The van der Waals surface area contributed by atoms with E-state index in [4.69, 9.17) is 10.5 Å². The van der Waals surface area contributed by atoms with E-state index in [1.165, 1.54) is 0 Å². The number of aliphatic hydroxyl groups excluding tert-OH is 1. The van der Waals surface area contributed by atoms with Gasteiger partial charge < -0.3 is 20.9 Å². The van der Waals surface area contributed by atoms with Crippen LogP contribution < -0.4 is 15.8 Å². The van der Waals surface area contributed by atoms with Crippen molar-refractivity contribution in [3.8, 4) is 5.88 Å². The van der Waals surface area contributed by atoms with Gasteiger partial charge in [0.25, 0.3) is 0 Å². The van der Waals surface area contributed by atoms with Crippen LogP contribution in [0.15, 0.2) is 18.3 Å². The number of nitrogens with zero attached hydrogens (tertiary/aromatic N) is 1. The predicted molar refractivity (Wildman–Crippen MR) is 71.6 cm³/mol. The molecule has 1 atom stereocenters. The van der Waals surface area contributed by atoms with Crippen LogP contribution in [0.25, 0.3) is 0 Å². The van der Waals surface area contributed by atoms with Gasteiger partial charge in [0, 0.05) is 24.8 Å². The molecule has 1 unspecified atom stereocenters. The fourth-order valence-electron chi connectivity index (χ4n) is 1.42. The van der Waals surface area contributed by atoms with Crippen LogP contribution in [-0.4, -0.2) is 41.9 Å². The minimum atomic E-state index is -0.530. The molecule has 5 heteroatoms. The number of hydrogen-bond acceptors (Lipinski definition) is 5. The monoisotopic (exact) mass is 253 g/mol. The lowest BCUT2D eigenvalue weighted by molar-refractivity contribution is 0.102. The molecule has 0 spiro atoms. The zero-order chi connectivity index (χ0) is 13.4. The van der Waals surface area contributed by atoms with Crippen LogP contribution in [-0.2, 0) is 6.42 Å². The minimum absolute atomic E-state index is 0.239. The first-order valence-corrected chi connectivity index (χ1v) is 6.31. The number of ether oxygens (including phenoxy) is 1. The van der Waals surface area contributed by atoms with Gasteiger partial charge >= 0.3 is 0 Å². The second kappa shape index (κ2) is 8.02. The maximum Gasteiger partial charge on any atom is 0.213 e. The van der Waals surface area contributed by atoms with Gasteiger partial charge in [0.2, 0.25) is 5.88 Å². The third kappa shape index (κ3) is 5.95. The van der Waals surface area contributed by atoms with E-state index in [-0.39, 0.29) is 6.61 Å². The summed E-state index contributed by atoms with van der Waals surface area (Å²) in [5, 5.41) is 12.8. The average molecular weight is 253 g/mol. The summed E-state index contributed by atoms with van der Waals surface area (Å²) in [6, 6.07) is 4.09. The highest BCUT2D eigenvalue weighted by Gasteiger charge is 2.06. The normalized spacial score (nSPS) is 12.7. The summed E-state index contributed by atoms with van der Waals surface area (Å²) in [7, 11) is 0. The summed E-state index contributed by atoms with van der Waals surface area (Å²) in [6.45, 7) is 5.43. The first-order valence-electron chi connectivity index (χ1n) is 6.31. The fraction of sp³-hybridized carbons (Fsp3) is 0.615. The molecule has 0 radical (unpaired) electrons. The first-order chi connectivity index (χ1) is 8.61. The Morgan fingerprint density at radius 2 is 2.22 bits per heavy atom. The van der Waals surface area contributed by atoms with Crippen molar-refractivity contribution in [2.24, 2.45) is 5.73 Å². The maximum atomic E-state index is 9.67. The number of rotatable bonds is 8. The van der Waals surface area contributed by atoms with Gasteiger partial charge in [-0.1, -0.05) is 19.9 Å². The summed E-state index contributed by atoms with van der Waals surface area (Å²) in [5.74, 6) is 0.527. The summed E-state index contributed by atoms with van der Waals surface area (Å²) in [5.41, 5.74) is 6.55. The van der Waals surface area contributed by atoms with Gasteiger partial charge in [0.1, 0.15) is 12.7 Å². The second-order valence-electron chi connectivity index (χ2n) is 4.57. The molecule has 0 aliphatic heterocycles. The van der Waals surface area contributed by atoms with E-state index >= 15 is 0 Å². The quantitative estimate of drug-likeness (QED) is 0.622. The van der Waals surface area contributed by atoms with Gasteiger partial charge in [0.15, 0.2) is 0 Å². The number of nitrogens with two attached hydrogens (primary N) is 1. The number of hydrogen-bond donors (Lipinski definition) is 3. The van der Waals surface area contributed by atoms with Crippen molar-refractivity contribution >= 4 is 0 Å². The number of aromatic nitrogens is 1. The molecule has 0 bridgehead atoms. The van der Waals surface area contributed by atoms with E-state index in [0.29, 0.717) is 25.0 Å². The predicted octanol–water partition coefficient (Wildman–Crippen LogP) is 0.321. The Bertz CT molecular complexity index is 328. The molecule has 1 heterocycles. The third-order valence-corrected chi connectivity index (χ3v) is 2.42. The molecular weight excluding hydrogens is 230 g/mol. The topological polar surface area (TPSA) is 80.4 Å². The average Bonchev–Trinajstić information content (AvgIpc) is 2.36. The lowest BCUT2D eigenvalue weighted by atomic mass is 10.2. The van der Waals surface area contributed by atoms with E-state index in [1.54, 1.807) is 12.3 Å². The van der Waals surface area contributed by atoms with Crippen molar-refractivity contribution in [2.75, 3.05) is 19.7 Å². The molecule has 5 nitrogen and oxygen atoms in total. The molecule has 0 fully saturated rings. The molecule has 0 amide bonds. The zero-order valence-electron chi connectivity index (χ0n) is 11.1. The third-order valence-electron chi connectivity index (χ3n) is 2.42. The first kappa shape index (κ1) is 14.9. The van der Waals surface area contributed by atoms with Crippen molar-refractivity contribution in [3.05, 3.63) is 23.9 Å². The van der Waals surface area contributed by atoms with Gasteiger partial charge in [-0.2, -0.15) is 0 Å². The lowest BCUT2D eigenvalue weighted by Gasteiger charge is -2.14. The molecule has 4 N–H and O–H groups in total. The Kier molecular flexibility index (Phi) is 6.64. The molecule has 1 aromatic rings. The molecule has 1 aromatic heterocycles. The van der Waals surface area contributed by atoms with Gasteiger partial charge in [-0.3, -0.25) is 0 Å². The van der Waals surface area contributed by atoms with Crippen LogP contribution >= 0.6 is 0 Å². The smallest absolute Gasteiger partial charge is 0.213 e. The molecule has 18 heavy (non-hydrogen) atoms. The molecule has 0 saturated heterocycles. The standard InChI is InChI=1S/C13H23N3O2/c1-10(2)15-8-12(17)9-18-13-4-3-11(5-6-14)7-16-13/h3-4,7,10,12,15,17H,5-6,8-9,14H2,1-2H3. The van der Waals surface area contributed by atoms with Gasteiger partial charge in [0.05, 0.1) is 0 Å². The van der Waals surface area contributed by atoms with Gasteiger partial charge in [-0.25, -0.2) is 4.98 Å². The number of aliphatic hydroxyl groups is 1. The van der Waals surface area contributed by atoms with Crippen LogP contribution in [0.5, 0.6) is 5.88 Å². The highest BCUT2D eigenvalue weighted by molar-refractivity contribution is 5.18. The van der Waals surface area contributed by atoms with Gasteiger partial charge in [-0.05, 0) is 18.5 Å². The van der Waals surface area contributed by atoms with E-state index in [9.17, 15) is 5.11 Å². The Morgan fingerprint density at radius 1 is 1.44 bits per heavy atom. The van der Waals surface area contributed by atoms with Crippen molar-refractivity contribution in [1.29, 1.82) is 0 Å². The van der Waals surface area contributed by atoms with E-state index in [0.717, 1.165) is 12.0 Å². The molecule has 0 aliphatic carbocycles. The highest BCUT2D eigenvalue weighted by atomic mass is 16.5. The Hall–Kier alpha value is -1.17. The molecule has 0 aromatic carbocycles. The number of nitrogens with one attached hydrogen (secondary N) is 1. The molecule has 0 aliphatic rings. The fourth-order valence-corrected chi connectivity index (χ4v) is 1.42. The molecule has 102 valence electrons. The Labute approximate surface area is 108 Å². The number of pyridine rings is 1. The van der Waals surface area contributed by atoms with Crippen molar-refractivity contribution in [1.82, 2.24) is 10.3 Å².